The van der Waals surface area contributed by atoms with E-state index < -0.39 is 0 Å². The number of thiophene rings is 1. The van der Waals surface area contributed by atoms with Gasteiger partial charge in [0, 0.05) is 52.7 Å². The highest BCUT2D eigenvalue weighted by atomic mass is 127. The summed E-state index contributed by atoms with van der Waals surface area (Å²) in [5, 5.41) is 10.3. The molecule has 0 aliphatic carbocycles. The molecule has 1 saturated heterocycles. The fourth-order valence-corrected chi connectivity index (χ4v) is 4.29. The number of aliphatic imine (C=N–C) groups is 1. The van der Waals surface area contributed by atoms with E-state index in [1.54, 1.807) is 23.3 Å². The van der Waals surface area contributed by atoms with Gasteiger partial charge in [0.2, 0.25) is 5.91 Å². The van der Waals surface area contributed by atoms with Gasteiger partial charge in [-0.15, -0.1) is 35.3 Å². The Morgan fingerprint density at radius 1 is 1.20 bits per heavy atom. The number of hydrogen-bond acceptors (Lipinski definition) is 4. The van der Waals surface area contributed by atoms with Crippen molar-refractivity contribution in [3.8, 4) is 0 Å². The number of halogens is 1. The lowest BCUT2D eigenvalue weighted by Gasteiger charge is -2.33. The van der Waals surface area contributed by atoms with Crippen LogP contribution in [-0.2, 0) is 11.3 Å². The van der Waals surface area contributed by atoms with Crippen LogP contribution >= 0.6 is 35.3 Å². The third-order valence-corrected chi connectivity index (χ3v) is 6.13. The second kappa shape index (κ2) is 12.8. The van der Waals surface area contributed by atoms with Crippen molar-refractivity contribution in [2.75, 3.05) is 38.6 Å². The van der Waals surface area contributed by atoms with Crippen LogP contribution in [0.5, 0.6) is 0 Å². The van der Waals surface area contributed by atoms with Crippen LogP contribution in [0.2, 0.25) is 0 Å². The highest BCUT2D eigenvalue weighted by Crippen LogP contribution is 2.24. The van der Waals surface area contributed by atoms with Crippen molar-refractivity contribution in [2.45, 2.75) is 31.8 Å². The zero-order chi connectivity index (χ0) is 20.5. The molecule has 1 amide bonds. The molecule has 0 radical (unpaired) electrons. The summed E-state index contributed by atoms with van der Waals surface area (Å²) >= 11 is 1.80. The molecule has 1 aromatic heterocycles. The van der Waals surface area contributed by atoms with Crippen LogP contribution in [0, 0.1) is 0 Å². The number of amides is 1. The fourth-order valence-electron chi connectivity index (χ4n) is 3.51. The highest BCUT2D eigenvalue weighted by molar-refractivity contribution is 14.0. The van der Waals surface area contributed by atoms with Gasteiger partial charge in [0.25, 0.3) is 0 Å². The molecule has 1 fully saturated rings. The molecule has 2 aromatic rings. The van der Waals surface area contributed by atoms with E-state index in [-0.39, 0.29) is 29.9 Å². The van der Waals surface area contributed by atoms with Gasteiger partial charge in [0.05, 0.1) is 5.00 Å². The molecular weight excluding hydrogens is 509 g/mol. The summed E-state index contributed by atoms with van der Waals surface area (Å²) in [5.41, 5.74) is 1.14. The van der Waals surface area contributed by atoms with Crippen LogP contribution in [0.15, 0.2) is 52.8 Å². The van der Waals surface area contributed by atoms with Crippen molar-refractivity contribution in [1.82, 2.24) is 15.5 Å². The summed E-state index contributed by atoms with van der Waals surface area (Å²) < 4.78 is 0. The normalized spacial score (nSPS) is 14.7. The first-order valence-electron chi connectivity index (χ1n) is 10.2. The molecule has 1 aromatic carbocycles. The van der Waals surface area contributed by atoms with Crippen LogP contribution < -0.4 is 15.5 Å². The summed E-state index contributed by atoms with van der Waals surface area (Å²) in [6.07, 6.45) is 2.61. The predicted octanol–water partition coefficient (Wildman–Crippen LogP) is 3.55. The van der Waals surface area contributed by atoms with E-state index in [2.05, 4.69) is 38.0 Å². The Bertz CT molecular complexity index is 776. The number of nitrogens with one attached hydrogen (secondary N) is 2. The van der Waals surface area contributed by atoms with Gasteiger partial charge in [-0.3, -0.25) is 9.79 Å². The Morgan fingerprint density at radius 3 is 2.57 bits per heavy atom. The lowest BCUT2D eigenvalue weighted by molar-refractivity contribution is -0.130. The average Bonchev–Trinajstić information content (AvgIpc) is 3.29. The van der Waals surface area contributed by atoms with Crippen LogP contribution in [-0.4, -0.2) is 56.5 Å². The van der Waals surface area contributed by atoms with E-state index >= 15 is 0 Å². The minimum atomic E-state index is 0. The second-order valence-electron chi connectivity index (χ2n) is 7.34. The summed E-state index contributed by atoms with van der Waals surface area (Å²) in [6.45, 7) is 3.32. The molecule has 164 valence electrons. The number of nitrogens with zero attached hydrogens (tertiary/aromatic N) is 3. The summed E-state index contributed by atoms with van der Waals surface area (Å²) in [6, 6.07) is 14.8. The average molecular weight is 542 g/mol. The molecule has 0 spiro atoms. The molecule has 2 heterocycles. The first-order chi connectivity index (χ1) is 14.2. The van der Waals surface area contributed by atoms with E-state index in [1.165, 1.54) is 5.00 Å². The van der Waals surface area contributed by atoms with E-state index in [4.69, 9.17) is 0 Å². The maximum absolute atomic E-state index is 12.4. The van der Waals surface area contributed by atoms with Gasteiger partial charge < -0.3 is 20.4 Å². The predicted molar refractivity (Wildman–Crippen MR) is 137 cm³/mol. The number of piperidine rings is 1. The molecule has 30 heavy (non-hydrogen) atoms. The summed E-state index contributed by atoms with van der Waals surface area (Å²) in [7, 11) is 3.63. The number of carbonyl (C=O) groups excluding carboxylic acids is 1. The van der Waals surface area contributed by atoms with Crippen LogP contribution in [0.1, 0.15) is 24.8 Å². The van der Waals surface area contributed by atoms with Crippen molar-refractivity contribution >= 4 is 52.2 Å². The molecule has 3 rings (SSSR count). The SMILES string of the molecule is CN=C(NCCC(=O)N(C)Cc1ccccc1)NC1CCN(c2cccs2)CC1.I. The maximum Gasteiger partial charge on any atom is 0.224 e. The Labute approximate surface area is 200 Å². The third kappa shape index (κ3) is 7.46. The Morgan fingerprint density at radius 2 is 1.93 bits per heavy atom. The number of carbonyl (C=O) groups is 1. The molecule has 2 N–H and O–H groups in total. The van der Waals surface area contributed by atoms with Gasteiger partial charge in [-0.05, 0) is 35.9 Å². The quantitative estimate of drug-likeness (QED) is 0.320. The molecule has 0 bridgehead atoms. The number of anilines is 1. The molecular formula is C22H32IN5OS. The van der Waals surface area contributed by atoms with Crippen molar-refractivity contribution in [1.29, 1.82) is 0 Å². The first kappa shape index (κ1) is 24.5. The van der Waals surface area contributed by atoms with Gasteiger partial charge in [-0.1, -0.05) is 30.3 Å². The summed E-state index contributed by atoms with van der Waals surface area (Å²) in [4.78, 5) is 20.9. The Kier molecular flexibility index (Phi) is 10.4. The number of guanidine groups is 1. The van der Waals surface area contributed by atoms with Gasteiger partial charge in [0.1, 0.15) is 0 Å². The van der Waals surface area contributed by atoms with Gasteiger partial charge >= 0.3 is 0 Å². The second-order valence-corrected chi connectivity index (χ2v) is 8.27. The molecule has 0 unspecified atom stereocenters. The third-order valence-electron chi connectivity index (χ3n) is 5.20. The molecule has 0 atom stereocenters. The molecule has 1 aliphatic heterocycles. The number of hydrogen-bond donors (Lipinski definition) is 2. The number of rotatable bonds is 7. The lowest BCUT2D eigenvalue weighted by Crippen LogP contribution is -2.49. The zero-order valence-corrected chi connectivity index (χ0v) is 20.9. The van der Waals surface area contributed by atoms with Crippen LogP contribution in [0.25, 0.3) is 0 Å². The largest absolute Gasteiger partial charge is 0.363 e. The van der Waals surface area contributed by atoms with E-state index in [0.717, 1.165) is 37.5 Å². The number of benzene rings is 1. The van der Waals surface area contributed by atoms with E-state index in [9.17, 15) is 4.79 Å². The molecule has 6 nitrogen and oxygen atoms in total. The Balaban J connectivity index is 0.00000320. The minimum absolute atomic E-state index is 0. The topological polar surface area (TPSA) is 60.0 Å². The highest BCUT2D eigenvalue weighted by Gasteiger charge is 2.20. The van der Waals surface area contributed by atoms with E-state index in [1.807, 2.05) is 37.4 Å². The zero-order valence-electron chi connectivity index (χ0n) is 17.7. The van der Waals surface area contributed by atoms with Crippen molar-refractivity contribution in [3.05, 3.63) is 53.4 Å². The summed E-state index contributed by atoms with van der Waals surface area (Å²) in [5.74, 6) is 0.902. The van der Waals surface area contributed by atoms with Crippen molar-refractivity contribution in [3.63, 3.8) is 0 Å². The van der Waals surface area contributed by atoms with Gasteiger partial charge in [-0.25, -0.2) is 0 Å². The maximum atomic E-state index is 12.4. The minimum Gasteiger partial charge on any atom is -0.363 e. The van der Waals surface area contributed by atoms with Gasteiger partial charge in [-0.2, -0.15) is 0 Å². The van der Waals surface area contributed by atoms with Crippen molar-refractivity contribution < 1.29 is 4.79 Å². The standard InChI is InChI=1S/C22H31N5OS.HI/c1-23-22(25-19-11-14-27(15-12-19)21-9-6-16-29-21)24-13-10-20(28)26(2)17-18-7-4-3-5-8-18;/h3-9,16,19H,10-15,17H2,1-2H3,(H2,23,24,25);1H. The lowest BCUT2D eigenvalue weighted by atomic mass is 10.1. The van der Waals surface area contributed by atoms with Crippen LogP contribution in [0.3, 0.4) is 0 Å². The van der Waals surface area contributed by atoms with Crippen LogP contribution in [0.4, 0.5) is 5.00 Å². The van der Waals surface area contributed by atoms with E-state index in [0.29, 0.717) is 25.6 Å². The Hall–Kier alpha value is -1.81. The molecule has 0 saturated carbocycles. The smallest absolute Gasteiger partial charge is 0.224 e. The molecule has 1 aliphatic rings. The monoisotopic (exact) mass is 541 g/mol. The molecule has 8 heteroatoms. The fraction of sp³-hybridized carbons (Fsp3) is 0.455. The van der Waals surface area contributed by atoms with Crippen molar-refractivity contribution in [2.24, 2.45) is 4.99 Å². The first-order valence-corrected chi connectivity index (χ1v) is 11.1. The van der Waals surface area contributed by atoms with Gasteiger partial charge in [0.15, 0.2) is 5.96 Å².